The molecule has 8 heavy (non-hydrogen) atoms. The van der Waals surface area contributed by atoms with E-state index in [4.69, 9.17) is 0 Å². The van der Waals surface area contributed by atoms with Crippen molar-refractivity contribution >= 4 is 17.4 Å². The van der Waals surface area contributed by atoms with Crippen LogP contribution in [0.3, 0.4) is 0 Å². The van der Waals surface area contributed by atoms with Gasteiger partial charge in [-0.3, -0.25) is 0 Å². The summed E-state index contributed by atoms with van der Waals surface area (Å²) >= 11 is 0. The fourth-order valence-electron chi connectivity index (χ4n) is 0.402. The summed E-state index contributed by atoms with van der Waals surface area (Å²) in [7, 11) is 0. The maximum absolute atomic E-state index is 3.91. The molecule has 0 spiro atoms. The van der Waals surface area contributed by atoms with E-state index < -0.39 is 0 Å². The van der Waals surface area contributed by atoms with Crippen LogP contribution in [0.1, 0.15) is 27.2 Å². The molecular formula is C7H18Al. The van der Waals surface area contributed by atoms with Gasteiger partial charge < -0.3 is 0 Å². The molecule has 0 heterocycles. The van der Waals surface area contributed by atoms with Crippen molar-refractivity contribution in [2.24, 2.45) is 11.8 Å². The third-order valence-electron chi connectivity index (χ3n) is 1.62. The van der Waals surface area contributed by atoms with Gasteiger partial charge in [-0.15, -0.1) is 0 Å². The van der Waals surface area contributed by atoms with Gasteiger partial charge in [-0.2, -0.15) is 0 Å². The smallest absolute Gasteiger partial charge is 0.0651 e. The van der Waals surface area contributed by atoms with Gasteiger partial charge in [-0.05, 0) is 11.8 Å². The van der Waals surface area contributed by atoms with Gasteiger partial charge in [0.1, 0.15) is 0 Å². The largest absolute Gasteiger partial charge is 0.187 e. The molecule has 2 atom stereocenters. The van der Waals surface area contributed by atoms with Crippen LogP contribution >= 0.6 is 0 Å². The summed E-state index contributed by atoms with van der Waals surface area (Å²) in [5.41, 5.74) is 0. The minimum absolute atomic E-state index is 0. The second-order valence-electron chi connectivity index (χ2n) is 2.36. The summed E-state index contributed by atoms with van der Waals surface area (Å²) in [4.78, 5) is 0. The van der Waals surface area contributed by atoms with Crippen molar-refractivity contribution in [2.75, 3.05) is 0 Å². The van der Waals surface area contributed by atoms with E-state index in [1.165, 1.54) is 6.42 Å². The summed E-state index contributed by atoms with van der Waals surface area (Å²) in [6.07, 6.45) is 1.25. The van der Waals surface area contributed by atoms with Gasteiger partial charge in [0.15, 0.2) is 17.4 Å². The normalized spacial score (nSPS) is 13.1. The summed E-state index contributed by atoms with van der Waals surface area (Å²) in [5, 5.41) is 0. The number of rotatable bonds is 2. The van der Waals surface area contributed by atoms with E-state index in [9.17, 15) is 0 Å². The standard InChI is InChI=1S/C7H15.Al.3H/c1-5-7(4)6(2)3;;;;/h6-7H,2,5H2,1,3-4H3;;;;. The lowest BCUT2D eigenvalue weighted by molar-refractivity contribution is 0.443. The van der Waals surface area contributed by atoms with Crippen molar-refractivity contribution in [3.05, 3.63) is 6.92 Å². The molecule has 0 saturated heterocycles. The second kappa shape index (κ2) is 5.67. The second-order valence-corrected chi connectivity index (χ2v) is 2.36. The monoisotopic (exact) mass is 129 g/mol. The molecule has 0 aliphatic heterocycles. The molecule has 0 aromatic carbocycles. The highest BCUT2D eigenvalue weighted by atomic mass is 27.0. The zero-order valence-electron chi connectivity index (χ0n) is 5.57. The summed E-state index contributed by atoms with van der Waals surface area (Å²) in [6, 6.07) is 0. The summed E-state index contributed by atoms with van der Waals surface area (Å²) in [6.45, 7) is 10.5. The highest BCUT2D eigenvalue weighted by Crippen LogP contribution is 2.11. The topological polar surface area (TPSA) is 0 Å². The Hall–Kier alpha value is 0.532. The molecule has 0 nitrogen and oxygen atoms in total. The summed E-state index contributed by atoms with van der Waals surface area (Å²) in [5.74, 6) is 1.41. The number of hydrogen-bond acceptors (Lipinski definition) is 0. The van der Waals surface area contributed by atoms with Gasteiger partial charge >= 0.3 is 0 Å². The van der Waals surface area contributed by atoms with Crippen LogP contribution in [-0.2, 0) is 0 Å². The van der Waals surface area contributed by atoms with Crippen molar-refractivity contribution in [2.45, 2.75) is 27.2 Å². The van der Waals surface area contributed by atoms with Crippen LogP contribution in [0.25, 0.3) is 0 Å². The average Bonchev–Trinajstić information content (AvgIpc) is 1.65. The van der Waals surface area contributed by atoms with E-state index >= 15 is 0 Å². The number of hydrogen-bond donors (Lipinski definition) is 0. The lowest BCUT2D eigenvalue weighted by Gasteiger charge is -2.10. The Labute approximate surface area is 63.8 Å². The zero-order chi connectivity index (χ0) is 5.86. The van der Waals surface area contributed by atoms with E-state index in [0.29, 0.717) is 5.92 Å². The fraction of sp³-hybridized carbons (Fsp3) is 0.857. The lowest BCUT2D eigenvalue weighted by Crippen LogP contribution is -2.00. The van der Waals surface area contributed by atoms with Crippen LogP contribution in [0.4, 0.5) is 0 Å². The third-order valence-corrected chi connectivity index (χ3v) is 1.62. The Kier molecular flexibility index (Phi) is 8.03. The average molecular weight is 129 g/mol. The zero-order valence-corrected chi connectivity index (χ0v) is 5.57. The van der Waals surface area contributed by atoms with E-state index in [1.807, 2.05) is 0 Å². The third kappa shape index (κ3) is 4.69. The molecule has 2 unspecified atom stereocenters. The molecule has 0 rings (SSSR count). The van der Waals surface area contributed by atoms with Crippen molar-refractivity contribution in [1.82, 2.24) is 0 Å². The molecule has 49 valence electrons. The predicted molar refractivity (Wildman–Crippen MR) is 43.9 cm³/mol. The minimum Gasteiger partial charge on any atom is -0.0651 e. The molecule has 1 heteroatoms. The Balaban J connectivity index is 0. The van der Waals surface area contributed by atoms with Crippen LogP contribution in [-0.4, -0.2) is 17.4 Å². The molecular weight excluding hydrogens is 111 g/mol. The van der Waals surface area contributed by atoms with Gasteiger partial charge in [0.25, 0.3) is 0 Å². The molecule has 0 aromatic rings. The lowest BCUT2D eigenvalue weighted by atomic mass is 9.96. The predicted octanol–water partition coefficient (Wildman–Crippen LogP) is 1.32. The maximum Gasteiger partial charge on any atom is 0.187 e. The summed E-state index contributed by atoms with van der Waals surface area (Å²) < 4.78 is 0. The van der Waals surface area contributed by atoms with Gasteiger partial charge in [0, 0.05) is 0 Å². The van der Waals surface area contributed by atoms with Gasteiger partial charge in [0.2, 0.25) is 0 Å². The Morgan fingerprint density at radius 1 is 1.38 bits per heavy atom. The van der Waals surface area contributed by atoms with Crippen molar-refractivity contribution < 1.29 is 0 Å². The minimum atomic E-state index is 0. The first-order chi connectivity index (χ1) is 3.18. The first kappa shape index (κ1) is 11.3. The Bertz CT molecular complexity index is 41.7. The maximum atomic E-state index is 3.91. The fourth-order valence-corrected chi connectivity index (χ4v) is 0.402. The molecule has 0 aliphatic carbocycles. The van der Waals surface area contributed by atoms with Gasteiger partial charge in [0.05, 0.1) is 0 Å². The van der Waals surface area contributed by atoms with Crippen LogP contribution < -0.4 is 0 Å². The molecule has 0 fully saturated rings. The van der Waals surface area contributed by atoms with Crippen LogP contribution in [0, 0.1) is 18.8 Å². The van der Waals surface area contributed by atoms with Crippen molar-refractivity contribution in [3.63, 3.8) is 0 Å². The van der Waals surface area contributed by atoms with Crippen LogP contribution in [0.5, 0.6) is 0 Å². The quantitative estimate of drug-likeness (QED) is 0.493. The first-order valence-electron chi connectivity index (χ1n) is 3.01. The Morgan fingerprint density at radius 2 is 1.75 bits per heavy atom. The SMILES string of the molecule is [AlH3].[CH2]C(C)C(C)CC. The van der Waals surface area contributed by atoms with Crippen LogP contribution in [0.15, 0.2) is 0 Å². The highest BCUT2D eigenvalue weighted by Gasteiger charge is 2.01. The molecule has 0 amide bonds. The molecule has 0 aliphatic rings. The molecule has 0 N–H and O–H groups in total. The molecule has 0 bridgehead atoms. The molecule has 1 radical (unpaired) electrons. The molecule has 0 aromatic heterocycles. The van der Waals surface area contributed by atoms with Crippen molar-refractivity contribution in [1.29, 1.82) is 0 Å². The van der Waals surface area contributed by atoms with Crippen LogP contribution in [0.2, 0.25) is 0 Å². The molecule has 0 saturated carbocycles. The van der Waals surface area contributed by atoms with E-state index in [1.54, 1.807) is 0 Å². The van der Waals surface area contributed by atoms with E-state index in [2.05, 4.69) is 27.7 Å². The van der Waals surface area contributed by atoms with Crippen molar-refractivity contribution in [3.8, 4) is 0 Å². The van der Waals surface area contributed by atoms with E-state index in [-0.39, 0.29) is 17.4 Å². The van der Waals surface area contributed by atoms with Gasteiger partial charge in [-0.1, -0.05) is 34.1 Å². The first-order valence-corrected chi connectivity index (χ1v) is 3.01. The highest BCUT2D eigenvalue weighted by molar-refractivity contribution is 5.75. The Morgan fingerprint density at radius 3 is 1.75 bits per heavy atom. The van der Waals surface area contributed by atoms with E-state index in [0.717, 1.165) is 5.92 Å². The van der Waals surface area contributed by atoms with Gasteiger partial charge in [-0.25, -0.2) is 0 Å².